The first-order valence-electron chi connectivity index (χ1n) is 9.43. The number of nitrogens with zero attached hydrogens (tertiary/aromatic N) is 2. The van der Waals surface area contributed by atoms with E-state index in [1.54, 1.807) is 0 Å². The highest BCUT2D eigenvalue weighted by Crippen LogP contribution is 2.33. The molecule has 0 spiro atoms. The SMILES string of the molecule is CCCCc1cccc(Oc2nnc(-c3ccccc3)c3ccccc23)c1. The number of hydrogen-bond acceptors (Lipinski definition) is 3. The van der Waals surface area contributed by atoms with Crippen LogP contribution in [0.3, 0.4) is 0 Å². The third-order valence-corrected chi connectivity index (χ3v) is 4.63. The molecule has 3 nitrogen and oxygen atoms in total. The van der Waals surface area contributed by atoms with E-state index in [0.29, 0.717) is 5.88 Å². The van der Waals surface area contributed by atoms with Gasteiger partial charge in [-0.3, -0.25) is 0 Å². The van der Waals surface area contributed by atoms with Gasteiger partial charge in [-0.2, -0.15) is 0 Å². The van der Waals surface area contributed by atoms with E-state index in [1.807, 2.05) is 60.7 Å². The average Bonchev–Trinajstić information content (AvgIpc) is 2.73. The first kappa shape index (κ1) is 17.2. The molecular weight excluding hydrogens is 332 g/mol. The Morgan fingerprint density at radius 1 is 0.778 bits per heavy atom. The lowest BCUT2D eigenvalue weighted by molar-refractivity contribution is 0.461. The summed E-state index contributed by atoms with van der Waals surface area (Å²) in [5.41, 5.74) is 3.21. The van der Waals surface area contributed by atoms with E-state index in [2.05, 4.69) is 35.3 Å². The van der Waals surface area contributed by atoms with E-state index in [4.69, 9.17) is 4.74 Å². The molecule has 0 aliphatic heterocycles. The van der Waals surface area contributed by atoms with E-state index in [1.165, 1.54) is 18.4 Å². The molecule has 1 aromatic heterocycles. The van der Waals surface area contributed by atoms with Crippen molar-refractivity contribution in [1.29, 1.82) is 0 Å². The zero-order valence-electron chi connectivity index (χ0n) is 15.4. The Hall–Kier alpha value is -3.20. The first-order valence-corrected chi connectivity index (χ1v) is 9.43. The van der Waals surface area contributed by atoms with Crippen LogP contribution in [0.2, 0.25) is 0 Å². The Morgan fingerprint density at radius 3 is 2.37 bits per heavy atom. The molecule has 134 valence electrons. The van der Waals surface area contributed by atoms with Crippen LogP contribution in [0.5, 0.6) is 11.6 Å². The zero-order chi connectivity index (χ0) is 18.5. The smallest absolute Gasteiger partial charge is 0.246 e. The van der Waals surface area contributed by atoms with Crippen molar-refractivity contribution in [2.75, 3.05) is 0 Å². The topological polar surface area (TPSA) is 35.0 Å². The Balaban J connectivity index is 1.72. The minimum atomic E-state index is 0.540. The lowest BCUT2D eigenvalue weighted by Crippen LogP contribution is -1.96. The van der Waals surface area contributed by atoms with E-state index < -0.39 is 0 Å². The fourth-order valence-corrected chi connectivity index (χ4v) is 3.22. The van der Waals surface area contributed by atoms with Crippen molar-refractivity contribution >= 4 is 10.8 Å². The summed E-state index contributed by atoms with van der Waals surface area (Å²) in [5.74, 6) is 1.34. The van der Waals surface area contributed by atoms with Crippen LogP contribution in [0.25, 0.3) is 22.0 Å². The van der Waals surface area contributed by atoms with Gasteiger partial charge in [0.1, 0.15) is 11.4 Å². The number of aryl methyl sites for hydroxylation is 1. The second-order valence-electron chi connectivity index (χ2n) is 6.62. The van der Waals surface area contributed by atoms with Gasteiger partial charge in [0.2, 0.25) is 5.88 Å². The molecule has 0 aliphatic rings. The van der Waals surface area contributed by atoms with Crippen LogP contribution in [0, 0.1) is 0 Å². The number of hydrogen-bond donors (Lipinski definition) is 0. The number of unbranched alkanes of at least 4 members (excludes halogenated alkanes) is 1. The van der Waals surface area contributed by atoms with Gasteiger partial charge in [-0.25, -0.2) is 0 Å². The summed E-state index contributed by atoms with van der Waals surface area (Å²) < 4.78 is 6.13. The molecule has 27 heavy (non-hydrogen) atoms. The molecule has 0 saturated carbocycles. The maximum Gasteiger partial charge on any atom is 0.246 e. The van der Waals surface area contributed by atoms with Crippen LogP contribution in [-0.2, 0) is 6.42 Å². The number of aromatic nitrogens is 2. The lowest BCUT2D eigenvalue weighted by Gasteiger charge is -2.11. The third kappa shape index (κ3) is 3.82. The van der Waals surface area contributed by atoms with Gasteiger partial charge in [0.25, 0.3) is 0 Å². The minimum absolute atomic E-state index is 0.540. The van der Waals surface area contributed by atoms with Crippen LogP contribution in [0.1, 0.15) is 25.3 Å². The fraction of sp³-hybridized carbons (Fsp3) is 0.167. The summed E-state index contributed by atoms with van der Waals surface area (Å²) in [4.78, 5) is 0. The molecule has 0 saturated heterocycles. The monoisotopic (exact) mass is 354 g/mol. The summed E-state index contributed by atoms with van der Waals surface area (Å²) in [6.07, 6.45) is 3.42. The molecule has 0 amide bonds. The number of ether oxygens (including phenoxy) is 1. The van der Waals surface area contributed by atoms with Crippen LogP contribution in [0.4, 0.5) is 0 Å². The highest BCUT2D eigenvalue weighted by atomic mass is 16.5. The van der Waals surface area contributed by atoms with Crippen molar-refractivity contribution in [3.05, 3.63) is 84.4 Å². The van der Waals surface area contributed by atoms with Gasteiger partial charge in [-0.15, -0.1) is 10.2 Å². The number of benzene rings is 3. The van der Waals surface area contributed by atoms with Crippen molar-refractivity contribution in [2.45, 2.75) is 26.2 Å². The van der Waals surface area contributed by atoms with E-state index in [9.17, 15) is 0 Å². The summed E-state index contributed by atoms with van der Waals surface area (Å²) in [7, 11) is 0. The second-order valence-corrected chi connectivity index (χ2v) is 6.62. The Bertz CT molecular complexity index is 1040. The molecule has 0 atom stereocenters. The Labute approximate surface area is 159 Å². The number of fused-ring (bicyclic) bond motifs is 1. The molecule has 0 fully saturated rings. The average molecular weight is 354 g/mol. The standard InChI is InChI=1S/C24H22N2O/c1-2-3-10-18-11-9-14-20(17-18)27-24-22-16-8-7-15-21(22)23(25-26-24)19-12-5-4-6-13-19/h4-9,11-17H,2-3,10H2,1H3. The molecule has 3 aromatic carbocycles. The molecule has 0 N–H and O–H groups in total. The molecule has 0 radical (unpaired) electrons. The van der Waals surface area contributed by atoms with E-state index in [0.717, 1.165) is 34.2 Å². The van der Waals surface area contributed by atoms with Gasteiger partial charge >= 0.3 is 0 Å². The highest BCUT2D eigenvalue weighted by molar-refractivity contribution is 5.97. The predicted molar refractivity (Wildman–Crippen MR) is 110 cm³/mol. The van der Waals surface area contributed by atoms with Crippen molar-refractivity contribution in [3.63, 3.8) is 0 Å². The van der Waals surface area contributed by atoms with E-state index >= 15 is 0 Å². The highest BCUT2D eigenvalue weighted by Gasteiger charge is 2.12. The summed E-state index contributed by atoms with van der Waals surface area (Å²) in [6, 6.07) is 26.5. The third-order valence-electron chi connectivity index (χ3n) is 4.63. The maximum atomic E-state index is 6.13. The molecule has 0 bridgehead atoms. The maximum absolute atomic E-state index is 6.13. The van der Waals surface area contributed by atoms with Gasteiger partial charge in [0.15, 0.2) is 0 Å². The molecule has 4 aromatic rings. The molecule has 4 rings (SSSR count). The number of rotatable bonds is 6. The van der Waals surface area contributed by atoms with Gasteiger partial charge in [-0.1, -0.05) is 74.0 Å². The fourth-order valence-electron chi connectivity index (χ4n) is 3.22. The molecule has 0 aliphatic carbocycles. The van der Waals surface area contributed by atoms with Crippen molar-refractivity contribution in [2.24, 2.45) is 0 Å². The van der Waals surface area contributed by atoms with Crippen molar-refractivity contribution < 1.29 is 4.74 Å². The van der Waals surface area contributed by atoms with E-state index in [-0.39, 0.29) is 0 Å². The van der Waals surface area contributed by atoms with Crippen LogP contribution in [-0.4, -0.2) is 10.2 Å². The minimum Gasteiger partial charge on any atom is -0.437 e. The van der Waals surface area contributed by atoms with Crippen molar-refractivity contribution in [1.82, 2.24) is 10.2 Å². The van der Waals surface area contributed by atoms with Gasteiger partial charge in [-0.05, 0) is 36.6 Å². The molecular formula is C24H22N2O. The summed E-state index contributed by atoms with van der Waals surface area (Å²) >= 11 is 0. The molecule has 0 unspecified atom stereocenters. The van der Waals surface area contributed by atoms with Gasteiger partial charge in [0, 0.05) is 16.3 Å². The largest absolute Gasteiger partial charge is 0.437 e. The van der Waals surface area contributed by atoms with Crippen LogP contribution >= 0.6 is 0 Å². The zero-order valence-corrected chi connectivity index (χ0v) is 15.4. The van der Waals surface area contributed by atoms with Crippen molar-refractivity contribution in [3.8, 4) is 22.9 Å². The first-order chi connectivity index (χ1) is 13.3. The predicted octanol–water partition coefficient (Wildman–Crippen LogP) is 6.43. The van der Waals surface area contributed by atoms with Gasteiger partial charge < -0.3 is 4.74 Å². The lowest BCUT2D eigenvalue weighted by atomic mass is 10.1. The molecule has 3 heteroatoms. The van der Waals surface area contributed by atoms with Gasteiger partial charge in [0.05, 0.1) is 0 Å². The normalized spacial score (nSPS) is 10.9. The Kier molecular flexibility index (Phi) is 5.10. The second kappa shape index (κ2) is 8.00. The van der Waals surface area contributed by atoms with Crippen LogP contribution in [0.15, 0.2) is 78.9 Å². The van der Waals surface area contributed by atoms with Crippen LogP contribution < -0.4 is 4.74 Å². The summed E-state index contributed by atoms with van der Waals surface area (Å²) in [6.45, 7) is 2.20. The quantitative estimate of drug-likeness (QED) is 0.400. The summed E-state index contributed by atoms with van der Waals surface area (Å²) in [5, 5.41) is 10.9. The molecule has 1 heterocycles. The Morgan fingerprint density at radius 2 is 1.56 bits per heavy atom.